The van der Waals surface area contributed by atoms with Gasteiger partial charge in [-0.05, 0) is 0 Å². The second-order valence-corrected chi connectivity index (χ2v) is 5.62. The summed E-state index contributed by atoms with van der Waals surface area (Å²) in [5.74, 6) is 0. The predicted octanol–water partition coefficient (Wildman–Crippen LogP) is 4.18. The number of imidazole rings is 1. The zero-order valence-electron chi connectivity index (χ0n) is 9.82. The van der Waals surface area contributed by atoms with Gasteiger partial charge in [0.15, 0.2) is 0 Å². The van der Waals surface area contributed by atoms with E-state index in [4.69, 9.17) is 5.11 Å². The van der Waals surface area contributed by atoms with Crippen LogP contribution in [0, 0.1) is 0 Å². The monoisotopic (exact) mass is 312 g/mol. The third-order valence-electron chi connectivity index (χ3n) is 1.89. The molecule has 0 aliphatic carbocycles. The van der Waals surface area contributed by atoms with E-state index in [2.05, 4.69) is 16.1 Å². The minimum atomic E-state index is -10.7. The van der Waals surface area contributed by atoms with Crippen molar-refractivity contribution in [3.8, 4) is 0 Å². The SMILES string of the molecule is C=CCC(CCO)[n+]1cc[nH]c1.F[P-](F)(F)(F)(F)F. The van der Waals surface area contributed by atoms with Crippen LogP contribution < -0.4 is 4.57 Å². The molecule has 114 valence electrons. The van der Waals surface area contributed by atoms with Crippen LogP contribution in [0.3, 0.4) is 0 Å². The Morgan fingerprint density at radius 1 is 1.26 bits per heavy atom. The van der Waals surface area contributed by atoms with E-state index in [1.54, 1.807) is 0 Å². The molecule has 0 aliphatic heterocycles. The number of allylic oxidation sites excluding steroid dienone is 1. The standard InChI is InChI=1S/C9H14N2O.F6P/c1-2-3-9(4-7-12)11-6-5-10-8-11;1-7(2,3,4,5)6/h2,5-6,8-9,12H,1,3-4,7H2;/q;-1/p+1. The van der Waals surface area contributed by atoms with Crippen LogP contribution in [-0.2, 0) is 0 Å². The third kappa shape index (κ3) is 14.9. The first kappa shape index (κ1) is 17.9. The van der Waals surface area contributed by atoms with Crippen molar-refractivity contribution in [3.63, 3.8) is 0 Å². The molecule has 10 heteroatoms. The van der Waals surface area contributed by atoms with Crippen LogP contribution in [0.1, 0.15) is 18.9 Å². The van der Waals surface area contributed by atoms with Gasteiger partial charge in [0.2, 0.25) is 6.33 Å². The van der Waals surface area contributed by atoms with Crippen LogP contribution in [0.5, 0.6) is 0 Å². The molecule has 0 radical (unpaired) electrons. The molecule has 0 aliphatic rings. The van der Waals surface area contributed by atoms with E-state index in [1.807, 2.05) is 24.8 Å². The molecule has 0 fully saturated rings. The zero-order chi connectivity index (χ0) is 15.2. The molecule has 0 spiro atoms. The predicted molar refractivity (Wildman–Crippen MR) is 60.1 cm³/mol. The number of aromatic nitrogens is 2. The summed E-state index contributed by atoms with van der Waals surface area (Å²) in [7, 11) is -10.7. The molecule has 0 bridgehead atoms. The van der Waals surface area contributed by atoms with E-state index in [-0.39, 0.29) is 6.61 Å². The fourth-order valence-corrected chi connectivity index (χ4v) is 1.26. The van der Waals surface area contributed by atoms with Crippen molar-refractivity contribution in [2.24, 2.45) is 0 Å². The molecule has 1 heterocycles. The Morgan fingerprint density at radius 2 is 1.79 bits per heavy atom. The summed E-state index contributed by atoms with van der Waals surface area (Å²) < 4.78 is 61.2. The van der Waals surface area contributed by atoms with Crippen molar-refractivity contribution in [3.05, 3.63) is 31.4 Å². The number of nitrogens with zero attached hydrogens (tertiary/aromatic N) is 1. The fourth-order valence-electron chi connectivity index (χ4n) is 1.26. The molecule has 1 aromatic heterocycles. The summed E-state index contributed by atoms with van der Waals surface area (Å²) in [5, 5.41) is 8.80. The minimum absolute atomic E-state index is 0.219. The molecule has 3 nitrogen and oxygen atoms in total. The molecule has 1 atom stereocenters. The van der Waals surface area contributed by atoms with E-state index in [0.29, 0.717) is 6.04 Å². The summed E-state index contributed by atoms with van der Waals surface area (Å²) in [6.45, 7) is 3.91. The Labute approximate surface area is 105 Å². The van der Waals surface area contributed by atoms with Gasteiger partial charge in [0, 0.05) is 19.4 Å². The molecule has 19 heavy (non-hydrogen) atoms. The second kappa shape index (κ2) is 5.50. The fraction of sp³-hybridized carbons (Fsp3) is 0.444. The molecule has 1 unspecified atom stereocenters. The van der Waals surface area contributed by atoms with Crippen LogP contribution in [0.4, 0.5) is 25.2 Å². The number of nitrogens with one attached hydrogen (secondary N) is 1. The van der Waals surface area contributed by atoms with Crippen LogP contribution in [0.15, 0.2) is 31.4 Å². The van der Waals surface area contributed by atoms with Gasteiger partial charge in [0.25, 0.3) is 0 Å². The van der Waals surface area contributed by atoms with Crippen molar-refractivity contribution in [2.75, 3.05) is 6.61 Å². The van der Waals surface area contributed by atoms with Crippen LogP contribution >= 0.6 is 7.81 Å². The van der Waals surface area contributed by atoms with Crippen molar-refractivity contribution in [1.82, 2.24) is 4.98 Å². The Hall–Kier alpha value is -1.08. The second-order valence-electron chi connectivity index (χ2n) is 3.71. The molecule has 0 amide bonds. The van der Waals surface area contributed by atoms with Crippen molar-refractivity contribution < 1.29 is 34.9 Å². The van der Waals surface area contributed by atoms with Crippen molar-refractivity contribution >= 4 is 7.81 Å². The first-order valence-electron chi connectivity index (χ1n) is 5.15. The molecule has 0 saturated carbocycles. The topological polar surface area (TPSA) is 39.9 Å². The summed E-state index contributed by atoms with van der Waals surface area (Å²) in [4.78, 5) is 2.97. The summed E-state index contributed by atoms with van der Waals surface area (Å²) in [6.07, 6.45) is 9.26. The van der Waals surface area contributed by atoms with Crippen LogP contribution in [0.25, 0.3) is 0 Å². The molecular weight excluding hydrogens is 297 g/mol. The van der Waals surface area contributed by atoms with Crippen molar-refractivity contribution in [2.45, 2.75) is 18.9 Å². The number of halogens is 6. The number of hydrogen-bond acceptors (Lipinski definition) is 1. The van der Waals surface area contributed by atoms with Gasteiger partial charge in [-0.3, -0.25) is 4.98 Å². The van der Waals surface area contributed by atoms with Gasteiger partial charge >= 0.3 is 33.0 Å². The summed E-state index contributed by atoms with van der Waals surface area (Å²) in [6, 6.07) is 0.332. The van der Waals surface area contributed by atoms with Gasteiger partial charge in [-0.2, -0.15) is 0 Å². The molecule has 2 N–H and O–H groups in total. The van der Waals surface area contributed by atoms with E-state index in [1.165, 1.54) is 0 Å². The Morgan fingerprint density at radius 3 is 2.11 bits per heavy atom. The van der Waals surface area contributed by atoms with Gasteiger partial charge < -0.3 is 5.11 Å². The number of rotatable bonds is 5. The van der Waals surface area contributed by atoms with Crippen LogP contribution in [0.2, 0.25) is 0 Å². The molecule has 1 rings (SSSR count). The average Bonchev–Trinajstić information content (AvgIpc) is 2.65. The van der Waals surface area contributed by atoms with Gasteiger partial charge in [-0.15, -0.1) is 6.58 Å². The number of aliphatic hydroxyl groups excluding tert-OH is 1. The first-order valence-corrected chi connectivity index (χ1v) is 7.18. The quantitative estimate of drug-likeness (QED) is 0.364. The molecular formula is C9H15F6N2OP. The first-order chi connectivity index (χ1) is 8.33. The number of hydrogen-bond donors (Lipinski definition) is 2. The Balaban J connectivity index is 0.000000399. The van der Waals surface area contributed by atoms with E-state index in [9.17, 15) is 25.2 Å². The summed E-state index contributed by atoms with van der Waals surface area (Å²) in [5.41, 5.74) is 0. The third-order valence-corrected chi connectivity index (χ3v) is 1.89. The maximum atomic E-state index is 9.87. The van der Waals surface area contributed by atoms with Crippen molar-refractivity contribution in [1.29, 1.82) is 0 Å². The van der Waals surface area contributed by atoms with Gasteiger partial charge in [-0.1, -0.05) is 6.08 Å². The molecule has 0 saturated heterocycles. The van der Waals surface area contributed by atoms with E-state index in [0.717, 1.165) is 12.8 Å². The van der Waals surface area contributed by atoms with E-state index >= 15 is 0 Å². The van der Waals surface area contributed by atoms with E-state index < -0.39 is 7.81 Å². The maximum absolute atomic E-state index is 10.7. The number of H-pyrrole nitrogens is 1. The van der Waals surface area contributed by atoms with Gasteiger partial charge in [0.1, 0.15) is 18.4 Å². The normalized spacial score (nSPS) is 16.6. The Kier molecular flexibility index (Phi) is 5.19. The number of aromatic amines is 1. The van der Waals surface area contributed by atoms with Crippen LogP contribution in [-0.4, -0.2) is 16.7 Å². The van der Waals surface area contributed by atoms with Gasteiger partial charge in [-0.25, -0.2) is 4.57 Å². The number of aliphatic hydroxyl groups is 1. The Bertz CT molecular complexity index is 376. The molecule has 1 aromatic rings. The summed E-state index contributed by atoms with van der Waals surface area (Å²) >= 11 is 0. The average molecular weight is 312 g/mol. The molecule has 0 aromatic carbocycles. The zero-order valence-corrected chi connectivity index (χ0v) is 10.7. The van der Waals surface area contributed by atoms with Gasteiger partial charge in [0.05, 0.1) is 0 Å².